The highest BCUT2D eigenvalue weighted by molar-refractivity contribution is 5.99. The van der Waals surface area contributed by atoms with E-state index < -0.39 is 5.60 Å². The first-order chi connectivity index (χ1) is 10.9. The topological polar surface area (TPSA) is 73.9 Å². The number of carbonyl (C=O) groups excluding carboxylic acids is 2. The molecule has 0 fully saturated rings. The first-order valence-corrected chi connectivity index (χ1v) is 7.37. The third-order valence-electron chi connectivity index (χ3n) is 4.25. The molecule has 0 radical (unpaired) electrons. The number of ether oxygens (including phenoxy) is 3. The van der Waals surface area contributed by atoms with Crippen molar-refractivity contribution in [2.45, 2.75) is 31.8 Å². The summed E-state index contributed by atoms with van der Waals surface area (Å²) in [6.45, 7) is 3.54. The smallest absolute Gasteiger partial charge is 0.337 e. The van der Waals surface area contributed by atoms with Gasteiger partial charge >= 0.3 is 5.97 Å². The van der Waals surface area contributed by atoms with Gasteiger partial charge in [-0.3, -0.25) is 4.79 Å². The highest BCUT2D eigenvalue weighted by Crippen LogP contribution is 2.44. The highest BCUT2D eigenvalue weighted by Gasteiger charge is 2.47. The fourth-order valence-electron chi connectivity index (χ4n) is 3.13. The number of esters is 1. The monoisotopic (exact) mass is 317 g/mol. The van der Waals surface area contributed by atoms with Crippen LogP contribution >= 0.6 is 0 Å². The minimum Gasteiger partial charge on any atom is -0.493 e. The van der Waals surface area contributed by atoms with Crippen molar-refractivity contribution in [3.05, 3.63) is 35.0 Å². The number of nitrogens with one attached hydrogen (secondary N) is 1. The van der Waals surface area contributed by atoms with Gasteiger partial charge in [0, 0.05) is 12.3 Å². The van der Waals surface area contributed by atoms with Crippen molar-refractivity contribution in [2.75, 3.05) is 14.2 Å². The van der Waals surface area contributed by atoms with Crippen molar-refractivity contribution in [3.8, 4) is 11.5 Å². The van der Waals surface area contributed by atoms with E-state index in [9.17, 15) is 9.59 Å². The Labute approximate surface area is 134 Å². The summed E-state index contributed by atoms with van der Waals surface area (Å²) >= 11 is 0. The lowest BCUT2D eigenvalue weighted by Crippen LogP contribution is -2.38. The van der Waals surface area contributed by atoms with Crippen molar-refractivity contribution in [2.24, 2.45) is 0 Å². The molecule has 0 saturated heterocycles. The number of benzene rings is 1. The number of methoxy groups -OCH3 is 2. The quantitative estimate of drug-likeness (QED) is 0.862. The molecule has 122 valence electrons. The first-order valence-electron chi connectivity index (χ1n) is 7.37. The van der Waals surface area contributed by atoms with Gasteiger partial charge in [-0.2, -0.15) is 0 Å². The molecule has 2 aliphatic heterocycles. The summed E-state index contributed by atoms with van der Waals surface area (Å²) in [5.41, 5.74) is 1.07. The number of cyclic esters (lactones) is 1. The van der Waals surface area contributed by atoms with E-state index in [0.717, 1.165) is 5.56 Å². The van der Waals surface area contributed by atoms with Gasteiger partial charge in [0.1, 0.15) is 5.60 Å². The molecule has 0 bridgehead atoms. The molecule has 1 amide bonds. The van der Waals surface area contributed by atoms with Crippen LogP contribution in [0.25, 0.3) is 0 Å². The number of hydrogen-bond donors (Lipinski definition) is 1. The predicted molar refractivity (Wildman–Crippen MR) is 82.2 cm³/mol. The average molecular weight is 317 g/mol. The Hall–Kier alpha value is -2.50. The van der Waals surface area contributed by atoms with E-state index in [-0.39, 0.29) is 24.2 Å². The summed E-state index contributed by atoms with van der Waals surface area (Å²) in [6.07, 6.45) is 0.194. The Balaban J connectivity index is 2.10. The standard InChI is InChI=1S/C17H19NO5/c1-17(2)15-14(16(20)23-17)10(8-13(19)18-15)9-5-6-11(21-3)12(7-9)22-4/h5-7,10H,8H2,1-4H3,(H,18,19)/t10-/m0/s1. The van der Waals surface area contributed by atoms with Crippen LogP contribution in [0.3, 0.4) is 0 Å². The van der Waals surface area contributed by atoms with E-state index in [1.165, 1.54) is 0 Å². The number of rotatable bonds is 3. The van der Waals surface area contributed by atoms with Gasteiger partial charge in [0.05, 0.1) is 25.5 Å². The highest BCUT2D eigenvalue weighted by atomic mass is 16.6. The van der Waals surface area contributed by atoms with Crippen LogP contribution in [0.5, 0.6) is 11.5 Å². The fraction of sp³-hybridized carbons (Fsp3) is 0.412. The lowest BCUT2D eigenvalue weighted by atomic mass is 9.82. The Morgan fingerprint density at radius 1 is 1.17 bits per heavy atom. The second-order valence-electron chi connectivity index (χ2n) is 6.11. The van der Waals surface area contributed by atoms with Crippen LogP contribution in [0.15, 0.2) is 29.5 Å². The second-order valence-corrected chi connectivity index (χ2v) is 6.11. The molecule has 1 atom stereocenters. The minimum absolute atomic E-state index is 0.130. The van der Waals surface area contributed by atoms with Crippen LogP contribution in [0.4, 0.5) is 0 Å². The molecule has 1 aromatic carbocycles. The summed E-state index contributed by atoms with van der Waals surface area (Å²) in [6, 6.07) is 5.41. The van der Waals surface area contributed by atoms with Gasteiger partial charge < -0.3 is 19.5 Å². The summed E-state index contributed by atoms with van der Waals surface area (Å²) in [5.74, 6) is 0.288. The van der Waals surface area contributed by atoms with Crippen molar-refractivity contribution in [1.82, 2.24) is 5.32 Å². The van der Waals surface area contributed by atoms with E-state index in [4.69, 9.17) is 14.2 Å². The molecule has 0 spiro atoms. The predicted octanol–water partition coefficient (Wildman–Crippen LogP) is 1.90. The maximum Gasteiger partial charge on any atom is 0.337 e. The molecule has 0 aliphatic carbocycles. The van der Waals surface area contributed by atoms with Gasteiger partial charge in [0.2, 0.25) is 5.91 Å². The molecule has 0 unspecified atom stereocenters. The van der Waals surface area contributed by atoms with Crippen LogP contribution in [0, 0.1) is 0 Å². The van der Waals surface area contributed by atoms with Crippen molar-refractivity contribution in [3.63, 3.8) is 0 Å². The molecule has 2 heterocycles. The van der Waals surface area contributed by atoms with Crippen LogP contribution in [0.2, 0.25) is 0 Å². The van der Waals surface area contributed by atoms with Crippen LogP contribution in [-0.2, 0) is 14.3 Å². The molecular formula is C17H19NO5. The number of amides is 1. The summed E-state index contributed by atoms with van der Waals surface area (Å²) in [7, 11) is 3.11. The summed E-state index contributed by atoms with van der Waals surface area (Å²) in [5, 5.41) is 2.79. The Kier molecular flexibility index (Phi) is 3.55. The average Bonchev–Trinajstić information content (AvgIpc) is 2.75. The van der Waals surface area contributed by atoms with Crippen molar-refractivity contribution < 1.29 is 23.8 Å². The van der Waals surface area contributed by atoms with Gasteiger partial charge in [0.15, 0.2) is 11.5 Å². The first kappa shape index (κ1) is 15.4. The fourth-order valence-corrected chi connectivity index (χ4v) is 3.13. The normalized spacial score (nSPS) is 22.3. The Morgan fingerprint density at radius 3 is 2.52 bits per heavy atom. The largest absolute Gasteiger partial charge is 0.493 e. The van der Waals surface area contributed by atoms with Gasteiger partial charge in [0.25, 0.3) is 0 Å². The molecule has 23 heavy (non-hydrogen) atoms. The number of carbonyl (C=O) groups is 2. The second kappa shape index (κ2) is 5.30. The molecule has 3 rings (SSSR count). The van der Waals surface area contributed by atoms with Crippen molar-refractivity contribution >= 4 is 11.9 Å². The minimum atomic E-state index is -0.822. The van der Waals surface area contributed by atoms with Gasteiger partial charge in [-0.15, -0.1) is 0 Å². The zero-order valence-electron chi connectivity index (χ0n) is 13.6. The maximum absolute atomic E-state index is 12.3. The molecular weight excluding hydrogens is 298 g/mol. The molecule has 0 aromatic heterocycles. The number of hydrogen-bond acceptors (Lipinski definition) is 5. The van der Waals surface area contributed by atoms with Gasteiger partial charge in [-0.05, 0) is 31.5 Å². The molecule has 0 saturated carbocycles. The zero-order chi connectivity index (χ0) is 16.8. The van der Waals surface area contributed by atoms with Crippen LogP contribution in [-0.4, -0.2) is 31.7 Å². The molecule has 6 nitrogen and oxygen atoms in total. The van der Waals surface area contributed by atoms with E-state index in [1.807, 2.05) is 6.07 Å². The van der Waals surface area contributed by atoms with E-state index in [1.54, 1.807) is 40.2 Å². The lowest BCUT2D eigenvalue weighted by molar-refractivity contribution is -0.144. The maximum atomic E-state index is 12.3. The van der Waals surface area contributed by atoms with E-state index in [0.29, 0.717) is 22.8 Å². The lowest BCUT2D eigenvalue weighted by Gasteiger charge is -2.27. The van der Waals surface area contributed by atoms with E-state index >= 15 is 0 Å². The van der Waals surface area contributed by atoms with Crippen LogP contribution < -0.4 is 14.8 Å². The van der Waals surface area contributed by atoms with Crippen molar-refractivity contribution in [1.29, 1.82) is 0 Å². The summed E-state index contributed by atoms with van der Waals surface area (Å²) < 4.78 is 16.0. The third kappa shape index (κ3) is 2.44. The van der Waals surface area contributed by atoms with Crippen LogP contribution in [0.1, 0.15) is 31.7 Å². The molecule has 6 heteroatoms. The van der Waals surface area contributed by atoms with E-state index in [2.05, 4.69) is 5.32 Å². The SMILES string of the molecule is COc1ccc([C@@H]2CC(=O)NC3=C2C(=O)OC3(C)C)cc1OC. The molecule has 1 N–H and O–H groups in total. The van der Waals surface area contributed by atoms with Gasteiger partial charge in [-0.1, -0.05) is 6.07 Å². The van der Waals surface area contributed by atoms with Gasteiger partial charge in [-0.25, -0.2) is 4.79 Å². The Bertz CT molecular complexity index is 720. The summed E-state index contributed by atoms with van der Waals surface area (Å²) in [4.78, 5) is 24.4. The Morgan fingerprint density at radius 2 is 1.87 bits per heavy atom. The molecule has 1 aromatic rings. The third-order valence-corrected chi connectivity index (χ3v) is 4.25. The molecule has 2 aliphatic rings. The zero-order valence-corrected chi connectivity index (χ0v) is 13.6.